The second-order valence-corrected chi connectivity index (χ2v) is 13.3. The van der Waals surface area contributed by atoms with Gasteiger partial charge in [0, 0.05) is 6.42 Å². The number of unbranched alkanes of at least 4 members (excludes halogenated alkanes) is 20. The number of amides is 1. The van der Waals surface area contributed by atoms with Crippen LogP contribution in [-0.4, -0.2) is 41.9 Å². The average Bonchev–Trinajstić information content (AvgIpc) is 2.92. The van der Waals surface area contributed by atoms with E-state index in [1.165, 1.54) is 115 Å². The second-order valence-electron chi connectivity index (χ2n) is 11.8. The number of allylic oxidation sites excluding steroid dienone is 3. The Morgan fingerprint density at radius 3 is 1.54 bits per heavy atom. The van der Waals surface area contributed by atoms with Gasteiger partial charge in [0.05, 0.1) is 17.9 Å². The maximum Gasteiger partial charge on any atom is 0.267 e. The topological polar surface area (TPSA) is 104 Å². The van der Waals surface area contributed by atoms with E-state index in [-0.39, 0.29) is 5.91 Å². The third kappa shape index (κ3) is 30.1. The fourth-order valence-corrected chi connectivity index (χ4v) is 5.79. The van der Waals surface area contributed by atoms with Gasteiger partial charge >= 0.3 is 0 Å². The molecule has 0 saturated heterocycles. The van der Waals surface area contributed by atoms with E-state index < -0.39 is 28.0 Å². The maximum absolute atomic E-state index is 12.4. The van der Waals surface area contributed by atoms with E-state index in [4.69, 9.17) is 0 Å². The Morgan fingerprint density at radius 1 is 0.634 bits per heavy atom. The molecule has 0 fully saturated rings. The zero-order valence-electron chi connectivity index (χ0n) is 26.7. The number of nitrogens with one attached hydrogen (secondary N) is 1. The van der Waals surface area contributed by atoms with Crippen LogP contribution in [0.5, 0.6) is 0 Å². The molecule has 0 bridgehead atoms. The average molecular weight is 600 g/mol. The number of rotatable bonds is 30. The van der Waals surface area contributed by atoms with Crippen molar-refractivity contribution in [1.29, 1.82) is 0 Å². The summed E-state index contributed by atoms with van der Waals surface area (Å²) in [6, 6.07) is -1.07. The van der Waals surface area contributed by atoms with Crippen molar-refractivity contribution >= 4 is 16.0 Å². The quantitative estimate of drug-likeness (QED) is 0.0434. The van der Waals surface area contributed by atoms with Gasteiger partial charge in [-0.1, -0.05) is 154 Å². The summed E-state index contributed by atoms with van der Waals surface area (Å²) in [6.45, 7) is 4.48. The summed E-state index contributed by atoms with van der Waals surface area (Å²) in [5.41, 5.74) is 0. The van der Waals surface area contributed by atoms with E-state index in [0.717, 1.165) is 38.5 Å². The van der Waals surface area contributed by atoms with Crippen molar-refractivity contribution in [2.75, 3.05) is 5.75 Å². The lowest BCUT2D eigenvalue weighted by Gasteiger charge is -2.21. The summed E-state index contributed by atoms with van der Waals surface area (Å²) in [6.07, 6.45) is 34.5. The summed E-state index contributed by atoms with van der Waals surface area (Å²) in [4.78, 5) is 12.4. The molecule has 7 heteroatoms. The first-order valence-electron chi connectivity index (χ1n) is 17.0. The van der Waals surface area contributed by atoms with Gasteiger partial charge in [-0.3, -0.25) is 9.35 Å². The van der Waals surface area contributed by atoms with Crippen molar-refractivity contribution in [3.63, 3.8) is 0 Å². The Bertz CT molecular complexity index is 750. The number of aliphatic hydroxyl groups excluding tert-OH is 1. The number of carbonyl (C=O) groups excluding carboxylic acids is 1. The molecular formula is C34H65NO5S. The normalized spacial score (nSPS) is 13.8. The van der Waals surface area contributed by atoms with E-state index in [1.54, 1.807) is 6.08 Å². The Labute approximate surface area is 254 Å². The van der Waals surface area contributed by atoms with Crippen LogP contribution in [0.25, 0.3) is 0 Å². The fourth-order valence-electron chi connectivity index (χ4n) is 5.05. The Hall–Kier alpha value is -1.18. The zero-order chi connectivity index (χ0) is 30.4. The SMILES string of the molecule is CCCCCCCCCCC/C=C/CC/C=C/C(O)C(CS(=O)(=O)O)NC(=O)CCCCCCCCCCCCC. The minimum absolute atomic E-state index is 0.290. The third-order valence-electron chi connectivity index (χ3n) is 7.63. The summed E-state index contributed by atoms with van der Waals surface area (Å²) in [5.74, 6) is -0.998. The molecule has 0 aromatic carbocycles. The van der Waals surface area contributed by atoms with Crippen molar-refractivity contribution in [2.24, 2.45) is 0 Å². The van der Waals surface area contributed by atoms with Crippen LogP contribution < -0.4 is 5.32 Å². The van der Waals surface area contributed by atoms with Crippen molar-refractivity contribution in [2.45, 2.75) is 180 Å². The molecule has 242 valence electrons. The highest BCUT2D eigenvalue weighted by molar-refractivity contribution is 7.85. The van der Waals surface area contributed by atoms with Crippen LogP contribution in [0.1, 0.15) is 168 Å². The maximum atomic E-state index is 12.4. The van der Waals surface area contributed by atoms with E-state index in [9.17, 15) is 22.9 Å². The lowest BCUT2D eigenvalue weighted by molar-refractivity contribution is -0.122. The molecule has 0 heterocycles. The van der Waals surface area contributed by atoms with Gasteiger partial charge in [0.25, 0.3) is 10.1 Å². The van der Waals surface area contributed by atoms with Gasteiger partial charge in [0.2, 0.25) is 5.91 Å². The molecule has 0 aromatic heterocycles. The highest BCUT2D eigenvalue weighted by atomic mass is 32.2. The Balaban J connectivity index is 4.08. The van der Waals surface area contributed by atoms with Gasteiger partial charge in [-0.25, -0.2) is 0 Å². The van der Waals surface area contributed by atoms with Gasteiger partial charge in [-0.05, 0) is 32.1 Å². The van der Waals surface area contributed by atoms with Crippen molar-refractivity contribution in [3.05, 3.63) is 24.3 Å². The summed E-state index contributed by atoms with van der Waals surface area (Å²) < 4.78 is 32.2. The third-order valence-corrected chi connectivity index (χ3v) is 8.41. The molecule has 1 amide bonds. The highest BCUT2D eigenvalue weighted by Gasteiger charge is 2.24. The molecule has 0 aliphatic rings. The molecule has 0 radical (unpaired) electrons. The number of hydrogen-bond donors (Lipinski definition) is 3. The van der Waals surface area contributed by atoms with Gasteiger partial charge in [-0.15, -0.1) is 0 Å². The summed E-state index contributed by atoms with van der Waals surface area (Å²) in [7, 11) is -4.34. The number of aliphatic hydroxyl groups is 1. The van der Waals surface area contributed by atoms with Crippen molar-refractivity contribution in [1.82, 2.24) is 5.32 Å². The van der Waals surface area contributed by atoms with Gasteiger partial charge in [0.15, 0.2) is 0 Å². The molecule has 0 aliphatic carbocycles. The Morgan fingerprint density at radius 2 is 1.05 bits per heavy atom. The second kappa shape index (κ2) is 28.9. The predicted octanol–water partition coefficient (Wildman–Crippen LogP) is 9.23. The minimum Gasteiger partial charge on any atom is -0.387 e. The van der Waals surface area contributed by atoms with Gasteiger partial charge in [-0.2, -0.15) is 8.42 Å². The Kier molecular flexibility index (Phi) is 28.1. The van der Waals surface area contributed by atoms with E-state index >= 15 is 0 Å². The van der Waals surface area contributed by atoms with E-state index in [2.05, 4.69) is 31.3 Å². The summed E-state index contributed by atoms with van der Waals surface area (Å²) in [5, 5.41) is 13.1. The lowest BCUT2D eigenvalue weighted by Crippen LogP contribution is -2.46. The summed E-state index contributed by atoms with van der Waals surface area (Å²) >= 11 is 0. The first-order chi connectivity index (χ1) is 19.8. The largest absolute Gasteiger partial charge is 0.387 e. The molecule has 0 saturated carbocycles. The molecular weight excluding hydrogens is 534 g/mol. The van der Waals surface area contributed by atoms with Crippen molar-refractivity contribution in [3.8, 4) is 0 Å². The molecule has 2 atom stereocenters. The first kappa shape index (κ1) is 39.8. The van der Waals surface area contributed by atoms with Crippen LogP contribution in [-0.2, 0) is 14.9 Å². The first-order valence-corrected chi connectivity index (χ1v) is 18.6. The van der Waals surface area contributed by atoms with Crippen LogP contribution in [0.15, 0.2) is 24.3 Å². The number of carbonyl (C=O) groups is 1. The fraction of sp³-hybridized carbons (Fsp3) is 0.853. The zero-order valence-corrected chi connectivity index (χ0v) is 27.5. The van der Waals surface area contributed by atoms with Crippen LogP contribution in [0.2, 0.25) is 0 Å². The minimum atomic E-state index is -4.34. The molecule has 41 heavy (non-hydrogen) atoms. The highest BCUT2D eigenvalue weighted by Crippen LogP contribution is 2.13. The molecule has 3 N–H and O–H groups in total. The predicted molar refractivity (Wildman–Crippen MR) is 175 cm³/mol. The molecule has 6 nitrogen and oxygen atoms in total. The van der Waals surface area contributed by atoms with Crippen LogP contribution >= 0.6 is 0 Å². The molecule has 0 spiro atoms. The smallest absolute Gasteiger partial charge is 0.267 e. The van der Waals surface area contributed by atoms with Crippen LogP contribution in [0.3, 0.4) is 0 Å². The molecule has 0 aliphatic heterocycles. The van der Waals surface area contributed by atoms with Gasteiger partial charge in [0.1, 0.15) is 0 Å². The van der Waals surface area contributed by atoms with Crippen molar-refractivity contribution < 1.29 is 22.9 Å². The standard InChI is InChI=1S/C34H65NO5S/c1-3-5-7-9-11-13-15-16-17-18-20-21-23-25-27-29-33(36)32(31-41(38,39)40)35-34(37)30-28-26-24-22-19-14-12-10-8-6-4-2/h20-21,27,29,32-33,36H,3-19,22-26,28,30-31H2,1-2H3,(H,35,37)(H,38,39,40)/b21-20+,29-27+. The van der Waals surface area contributed by atoms with Crippen LogP contribution in [0.4, 0.5) is 0 Å². The van der Waals surface area contributed by atoms with Gasteiger partial charge < -0.3 is 10.4 Å². The van der Waals surface area contributed by atoms with E-state index in [0.29, 0.717) is 6.42 Å². The molecule has 0 aromatic rings. The van der Waals surface area contributed by atoms with Crippen LogP contribution in [0, 0.1) is 0 Å². The monoisotopic (exact) mass is 599 g/mol. The lowest BCUT2D eigenvalue weighted by atomic mass is 10.0. The number of hydrogen-bond acceptors (Lipinski definition) is 4. The van der Waals surface area contributed by atoms with E-state index in [1.807, 2.05) is 0 Å². The molecule has 2 unspecified atom stereocenters. The molecule has 0 rings (SSSR count).